The number of thiazole rings is 4. The van der Waals surface area contributed by atoms with E-state index in [0.717, 1.165) is 5.56 Å². The number of ether oxygens (including phenoxy) is 12. The molecule has 126 heavy (non-hydrogen) atoms. The summed E-state index contributed by atoms with van der Waals surface area (Å²) in [4.78, 5) is 107. The van der Waals surface area contributed by atoms with Gasteiger partial charge in [0.15, 0.2) is 50.4 Å². The van der Waals surface area contributed by atoms with Gasteiger partial charge >= 0.3 is 0 Å². The normalized spacial score (nSPS) is 11.2. The molecule has 4 amide bonds. The van der Waals surface area contributed by atoms with Crippen molar-refractivity contribution in [3.8, 4) is 89.2 Å². The number of hydrogen-bond acceptors (Lipinski definition) is 30. The number of rotatable bonds is 34. The molecule has 0 radical (unpaired) electrons. The average molecular weight is 1790 g/mol. The summed E-state index contributed by atoms with van der Waals surface area (Å²) in [7, 11) is 3.03. The van der Waals surface area contributed by atoms with Crippen LogP contribution < -0.4 is 78.1 Å². The third-order valence-electron chi connectivity index (χ3n) is 16.2. The van der Waals surface area contributed by atoms with Crippen molar-refractivity contribution >= 4 is 113 Å². The van der Waals surface area contributed by atoms with Gasteiger partial charge in [-0.15, -0.1) is 5.11 Å². The van der Waals surface area contributed by atoms with Crippen LogP contribution in [0.1, 0.15) is 182 Å². The number of nitrogens with one attached hydrogen (secondary N) is 4. The fourth-order valence-corrected chi connectivity index (χ4v) is 13.8. The Morgan fingerprint density at radius 1 is 0.302 bits per heavy atom. The molecule has 0 atom stereocenters. The van der Waals surface area contributed by atoms with E-state index in [9.17, 15) is 33.6 Å². The van der Waals surface area contributed by atoms with E-state index in [-0.39, 0.29) is 77.6 Å². The Morgan fingerprint density at radius 3 is 0.849 bits per heavy atom. The van der Waals surface area contributed by atoms with Crippen LogP contribution in [0.5, 0.6) is 89.2 Å². The largest absolute Gasteiger partial charge is 0.497 e. The highest BCUT2D eigenvalue weighted by atomic mass is 32.1. The number of amides is 4. The van der Waals surface area contributed by atoms with E-state index in [1.807, 2.05) is 107 Å². The Kier molecular flexibility index (Phi) is 34.0. The summed E-state index contributed by atoms with van der Waals surface area (Å²) in [5.41, 5.74) is 4.13. The van der Waals surface area contributed by atoms with Crippen LogP contribution in [0, 0.1) is 0 Å². The third-order valence-corrected chi connectivity index (χ3v) is 19.4. The molecule has 4 N–H and O–H groups in total. The Labute approximate surface area is 744 Å². The molecule has 0 spiro atoms. The maximum atomic E-state index is 12.9. The van der Waals surface area contributed by atoms with Crippen LogP contribution in [-0.2, 0) is 0 Å². The molecule has 1 aliphatic heterocycles. The zero-order valence-corrected chi connectivity index (χ0v) is 75.4. The molecule has 0 saturated carbocycles. The second-order valence-corrected chi connectivity index (χ2v) is 33.0. The number of carbonyl (C=O) groups excluding carboxylic acids is 7. The zero-order valence-electron chi connectivity index (χ0n) is 72.2. The first-order valence-corrected chi connectivity index (χ1v) is 42.8. The van der Waals surface area contributed by atoms with Crippen molar-refractivity contribution in [1.29, 1.82) is 0 Å². The van der Waals surface area contributed by atoms with Crippen molar-refractivity contribution in [3.63, 3.8) is 0 Å². The van der Waals surface area contributed by atoms with Crippen LogP contribution in [0.25, 0.3) is 0 Å². The van der Waals surface area contributed by atoms with Crippen LogP contribution in [0.15, 0.2) is 210 Å². The molecule has 0 aliphatic carbocycles. The minimum absolute atomic E-state index is 0.0100. The third kappa shape index (κ3) is 29.9. The van der Waals surface area contributed by atoms with E-state index >= 15 is 0 Å². The van der Waals surface area contributed by atoms with Gasteiger partial charge in [-0.1, -0.05) is 81.7 Å². The number of aromatic nitrogens is 4. The molecule has 8 aromatic carbocycles. The first-order valence-electron chi connectivity index (χ1n) is 39.6. The number of carbonyl (C=O) groups is 7. The molecular weight excluding hydrogens is 1690 g/mol. The van der Waals surface area contributed by atoms with Crippen molar-refractivity contribution in [2.75, 3.05) is 42.2 Å². The summed E-state index contributed by atoms with van der Waals surface area (Å²) in [6, 6.07) is 48.2. The number of benzene rings is 8. The minimum Gasteiger partial charge on any atom is -0.497 e. The van der Waals surface area contributed by atoms with Crippen molar-refractivity contribution in [3.05, 3.63) is 239 Å². The Bertz CT molecular complexity index is 5750. The Morgan fingerprint density at radius 2 is 0.571 bits per heavy atom. The summed E-state index contributed by atoms with van der Waals surface area (Å²) in [6.07, 6.45) is 5.89. The fourth-order valence-electron chi connectivity index (χ4n) is 11.1. The summed E-state index contributed by atoms with van der Waals surface area (Å²) >= 11 is 4.77. The molecule has 12 aromatic rings. The number of hydrogen-bond donors (Lipinski definition) is 4. The topological polar surface area (TPSA) is 367 Å². The molecule has 0 unspecified atom stereocenters. The smallest absolute Gasteiger partial charge is 0.257 e. The minimum atomic E-state index is -0.350. The standard InChI is InChI=1S/C24H25N5O4S.2C24H26N2O5S.C20H18N2O5S/c1-14(2)31-19-9-17(10-20(11-19)32-15(3)4)23(30)28-24-25-12-21(34-24)33-18-7-5-6-16(8-18)22-26-13-27-29-22;1-14(2)29-20-10-18(11-21(12-20)30-15(3)4)23(28)26-24-25-13-22(32-24)31-19-8-6-17(7-9-19)16(5)27;1-14(2)29-20-10-18(11-21(12-20)30-15(3)4)23(28)26-24-25-13-22(32-24)31-19-8-6-7-17(9-19)16(5)27;1-12(23)13-5-4-6-15(7-13)27-18-11-21-20(28-18)22-19(24)14-8-16(25-2)10-17(9-14)26-3/h5-12,14-15H,13H2,1-4H3,(H,25,28,30);2*6-15H,1-5H3,(H,25,26,28);4-11H,1-3H3,(H,21,22,24). The van der Waals surface area contributed by atoms with Crippen LogP contribution in [0.2, 0.25) is 0 Å². The molecule has 0 bridgehead atoms. The lowest BCUT2D eigenvalue weighted by atomic mass is 10.1. The monoisotopic (exact) mass is 1790 g/mol. The molecule has 0 saturated heterocycles. The van der Waals surface area contributed by atoms with Crippen LogP contribution in [0.4, 0.5) is 20.5 Å². The molecular formula is C92H95N11O19S4. The molecule has 34 heteroatoms. The van der Waals surface area contributed by atoms with Crippen molar-refractivity contribution < 1.29 is 90.4 Å². The number of Topliss-reactive ketones (excluding diaryl/α,β-unsaturated/α-hetero) is 3. The van der Waals surface area contributed by atoms with E-state index in [2.05, 4.69) is 56.4 Å². The van der Waals surface area contributed by atoms with Gasteiger partial charge in [-0.3, -0.25) is 54.8 Å². The lowest BCUT2D eigenvalue weighted by Gasteiger charge is -2.15. The number of azo groups is 1. The number of nitrogens with zero attached hydrogens (tertiary/aromatic N) is 7. The molecule has 1 aliphatic rings. The predicted octanol–water partition coefficient (Wildman–Crippen LogP) is 22.3. The van der Waals surface area contributed by atoms with Crippen molar-refractivity contribution in [1.82, 2.24) is 19.9 Å². The lowest BCUT2D eigenvalue weighted by Crippen LogP contribution is -2.14. The van der Waals surface area contributed by atoms with E-state index in [4.69, 9.17) is 56.8 Å². The molecule has 656 valence electrons. The number of ketones is 3. The maximum absolute atomic E-state index is 12.9. The van der Waals surface area contributed by atoms with Gasteiger partial charge in [0, 0.05) is 68.8 Å². The predicted molar refractivity (Wildman–Crippen MR) is 486 cm³/mol. The Hall–Kier alpha value is -14.0. The van der Waals surface area contributed by atoms with Gasteiger partial charge in [-0.25, -0.2) is 24.9 Å². The second kappa shape index (κ2) is 45.4. The molecule has 13 rings (SSSR count). The number of methoxy groups -OCH3 is 2. The number of aliphatic imine (C=N–C) groups is 1. The summed E-state index contributed by atoms with van der Waals surface area (Å²) in [6.45, 7) is 27.9. The molecule has 5 heterocycles. The van der Waals surface area contributed by atoms with Crippen LogP contribution in [-0.4, -0.2) is 124 Å². The first kappa shape index (κ1) is 94.3. The fraction of sp³-hybridized carbons (Fsp3) is 0.261. The van der Waals surface area contributed by atoms with E-state index in [1.165, 1.54) is 98.9 Å². The van der Waals surface area contributed by atoms with Gasteiger partial charge in [0.2, 0.25) is 20.3 Å². The van der Waals surface area contributed by atoms with Gasteiger partial charge < -0.3 is 56.8 Å². The highest BCUT2D eigenvalue weighted by Gasteiger charge is 2.22. The first-order chi connectivity index (χ1) is 60.2. The summed E-state index contributed by atoms with van der Waals surface area (Å²) in [5.74, 6) is 5.72. The number of amidine groups is 1. The van der Waals surface area contributed by atoms with E-state index in [1.54, 1.807) is 152 Å². The van der Waals surface area contributed by atoms with Crippen molar-refractivity contribution in [2.24, 2.45) is 15.2 Å². The van der Waals surface area contributed by atoms with Gasteiger partial charge in [0.25, 0.3) is 23.6 Å². The Balaban J connectivity index is 0.000000176. The molecule has 4 aromatic heterocycles. The lowest BCUT2D eigenvalue weighted by molar-refractivity contribution is 0.100. The molecule has 0 fully saturated rings. The average Bonchev–Trinajstić information content (AvgIpc) is 1.58. The highest BCUT2D eigenvalue weighted by molar-refractivity contribution is 7.18. The summed E-state index contributed by atoms with van der Waals surface area (Å²) < 4.78 is 68.1. The van der Waals surface area contributed by atoms with E-state index in [0.29, 0.717) is 161 Å². The summed E-state index contributed by atoms with van der Waals surface area (Å²) in [5, 5.41) is 22.5. The zero-order chi connectivity index (χ0) is 90.7. The number of anilines is 4. The van der Waals surface area contributed by atoms with Crippen LogP contribution in [0.3, 0.4) is 0 Å². The highest BCUT2D eigenvalue weighted by Crippen LogP contribution is 2.38. The van der Waals surface area contributed by atoms with Gasteiger partial charge in [0.05, 0.1) is 75.6 Å². The SMILES string of the molecule is CC(=O)c1ccc(Oc2cnc(NC(=O)c3cc(OC(C)C)cc(OC(C)C)c3)s2)cc1.CC(=O)c1cccc(Oc2cnc(NC(=O)c3cc(OC(C)C)cc(OC(C)C)c3)s2)c1.CC(C)Oc1cc(OC(C)C)cc(C(=O)Nc2ncc(Oc3cccc(C4=NCN=N4)c3)s2)c1.COc1cc(OC)cc(C(=O)Nc2ncc(Oc3cccc(C(C)=O)c3)s2)c1. The molecule has 30 nitrogen and oxygen atoms in total. The quantitative estimate of drug-likeness (QED) is 0.0272. The van der Waals surface area contributed by atoms with Crippen LogP contribution >= 0.6 is 45.3 Å². The van der Waals surface area contributed by atoms with E-state index < -0.39 is 0 Å². The maximum Gasteiger partial charge on any atom is 0.257 e. The van der Waals surface area contributed by atoms with Gasteiger partial charge in [-0.2, -0.15) is 5.11 Å². The van der Waals surface area contributed by atoms with Gasteiger partial charge in [-0.05, 0) is 213 Å². The second-order valence-electron chi connectivity index (χ2n) is 29.0. The van der Waals surface area contributed by atoms with Crippen molar-refractivity contribution in [2.45, 2.75) is 140 Å². The van der Waals surface area contributed by atoms with Gasteiger partial charge in [0.1, 0.15) is 69.0 Å².